The first-order valence-electron chi connectivity index (χ1n) is 17.2. The molecule has 0 aliphatic heterocycles. The number of rotatable bonds is 10. The highest BCUT2D eigenvalue weighted by Crippen LogP contribution is 2.41. The summed E-state index contributed by atoms with van der Waals surface area (Å²) in [5.41, 5.74) is 11.3. The van der Waals surface area contributed by atoms with Gasteiger partial charge in [0.1, 0.15) is 6.29 Å². The molecule has 45 heavy (non-hydrogen) atoms. The largest absolute Gasteiger partial charge is 0.388 e. The van der Waals surface area contributed by atoms with Gasteiger partial charge in [-0.2, -0.15) is 0 Å². The van der Waals surface area contributed by atoms with Crippen molar-refractivity contribution in [2.45, 2.75) is 133 Å². The monoisotopic (exact) mass is 618 g/mol. The molecule has 1 unspecified atom stereocenters. The highest BCUT2D eigenvalue weighted by atomic mass is 16.4. The number of hydrogen-bond acceptors (Lipinski definition) is 3. The van der Waals surface area contributed by atoms with E-state index in [1.807, 2.05) is 12.4 Å². The highest BCUT2D eigenvalue weighted by molar-refractivity contribution is 5.68. The zero-order valence-electron chi connectivity index (χ0n) is 31.6. The van der Waals surface area contributed by atoms with Crippen molar-refractivity contribution in [2.24, 2.45) is 11.3 Å². The minimum atomic E-state index is 0.0353. The molecule has 0 fully saturated rings. The van der Waals surface area contributed by atoms with Crippen molar-refractivity contribution in [2.75, 3.05) is 14.2 Å². The molecule has 3 heteroatoms. The maximum Gasteiger partial charge on any atom is 0.116 e. The van der Waals surface area contributed by atoms with E-state index in [4.69, 9.17) is 4.79 Å². The van der Waals surface area contributed by atoms with Crippen molar-refractivity contribution in [3.05, 3.63) is 88.2 Å². The van der Waals surface area contributed by atoms with E-state index in [1.165, 1.54) is 83.5 Å². The topological polar surface area (TPSA) is 39.2 Å². The summed E-state index contributed by atoms with van der Waals surface area (Å²) in [5.74, 6) is 0.775. The molecular weight excluding hydrogens is 550 g/mol. The molecule has 2 aromatic carbocycles. The van der Waals surface area contributed by atoms with Crippen LogP contribution in [-0.2, 0) is 21.4 Å². The number of methoxy groups -OCH3 is 1. The minimum absolute atomic E-state index is 0.0353. The summed E-state index contributed by atoms with van der Waals surface area (Å²) in [6, 6.07) is 16.7. The van der Waals surface area contributed by atoms with Crippen LogP contribution < -0.4 is 0 Å². The third kappa shape index (κ3) is 13.2. The van der Waals surface area contributed by atoms with E-state index >= 15 is 0 Å². The Morgan fingerprint density at radius 1 is 0.800 bits per heavy atom. The lowest BCUT2D eigenvalue weighted by atomic mass is 9.69. The molecule has 0 aliphatic carbocycles. The normalized spacial score (nSPS) is 11.6. The molecule has 1 aromatic heterocycles. The Hall–Kier alpha value is -2.78. The van der Waals surface area contributed by atoms with Crippen molar-refractivity contribution in [3.8, 4) is 11.1 Å². The quantitative estimate of drug-likeness (QED) is 0.212. The number of aryl methyl sites for hydroxylation is 4. The molecule has 0 bridgehead atoms. The lowest BCUT2D eigenvalue weighted by Crippen LogP contribution is -2.26. The van der Waals surface area contributed by atoms with Gasteiger partial charge in [-0.05, 0) is 110 Å². The number of pyridine rings is 1. The summed E-state index contributed by atoms with van der Waals surface area (Å²) in [7, 11) is 3.25. The van der Waals surface area contributed by atoms with E-state index < -0.39 is 0 Å². The molecule has 0 radical (unpaired) electrons. The van der Waals surface area contributed by atoms with Crippen LogP contribution in [0, 0.1) is 32.1 Å². The second-order valence-corrected chi connectivity index (χ2v) is 13.5. The van der Waals surface area contributed by atoms with Gasteiger partial charge in [-0.3, -0.25) is 4.98 Å². The fraction of sp³-hybridized carbons (Fsp3) is 0.571. The van der Waals surface area contributed by atoms with Crippen molar-refractivity contribution < 1.29 is 9.53 Å². The Balaban J connectivity index is 0.00000192. The molecule has 252 valence electrons. The summed E-state index contributed by atoms with van der Waals surface area (Å²) in [6.45, 7) is 26.6. The first kappa shape index (κ1) is 42.2. The Kier molecular flexibility index (Phi) is 20.5. The fourth-order valence-electron chi connectivity index (χ4n) is 6.18. The van der Waals surface area contributed by atoms with Gasteiger partial charge in [0.2, 0.25) is 0 Å². The average molecular weight is 618 g/mol. The van der Waals surface area contributed by atoms with Crippen LogP contribution in [0.4, 0.5) is 0 Å². The molecular formula is C42H67NO2. The van der Waals surface area contributed by atoms with Crippen LogP contribution in [0.1, 0.15) is 134 Å². The third-order valence-corrected chi connectivity index (χ3v) is 8.69. The van der Waals surface area contributed by atoms with Crippen molar-refractivity contribution >= 4 is 6.29 Å². The summed E-state index contributed by atoms with van der Waals surface area (Å²) in [5, 5.41) is 0. The van der Waals surface area contributed by atoms with E-state index in [2.05, 4.69) is 128 Å². The standard InChI is InChI=1S/C35H49N.C3H8.C2H6O.C2H4O/c1-10-13-30(34(7,8)9)16-14-28-15-17-31(21-26(28)5)35(11-2,12-3)32-18-19-33(27(6)22-32)29-20-25(4)23-36-24-29;2*1-3-2;1-2-3/h15,17-24,30H,10-14,16H2,1-9H3;3H2,1-2H3;1-2H3;2H,1H3. The molecule has 0 spiro atoms. The van der Waals surface area contributed by atoms with Crippen LogP contribution >= 0.6 is 0 Å². The van der Waals surface area contributed by atoms with Gasteiger partial charge in [-0.15, -0.1) is 0 Å². The van der Waals surface area contributed by atoms with Gasteiger partial charge in [-0.25, -0.2) is 0 Å². The molecule has 3 nitrogen and oxygen atoms in total. The summed E-state index contributed by atoms with van der Waals surface area (Å²) in [4.78, 5) is 13.2. The summed E-state index contributed by atoms with van der Waals surface area (Å²) >= 11 is 0. The predicted octanol–water partition coefficient (Wildman–Crippen LogP) is 12.1. The first-order valence-corrected chi connectivity index (χ1v) is 17.2. The van der Waals surface area contributed by atoms with Gasteiger partial charge in [0, 0.05) is 37.6 Å². The van der Waals surface area contributed by atoms with Crippen molar-refractivity contribution in [1.82, 2.24) is 4.98 Å². The van der Waals surface area contributed by atoms with Crippen LogP contribution in [0.25, 0.3) is 11.1 Å². The zero-order valence-corrected chi connectivity index (χ0v) is 31.6. The lowest BCUT2D eigenvalue weighted by Gasteiger charge is -2.35. The SMILES string of the molecule is CC=O.CCC.CCCC(CCc1ccc(C(CC)(CC)c2ccc(-c3cncc(C)c3)c(C)c2)cc1C)C(C)(C)C.COC. The molecule has 0 saturated carbocycles. The number of aldehydes is 1. The number of ether oxygens (including phenoxy) is 1. The van der Waals surface area contributed by atoms with Crippen LogP contribution in [0.2, 0.25) is 0 Å². The van der Waals surface area contributed by atoms with Gasteiger partial charge >= 0.3 is 0 Å². The van der Waals surface area contributed by atoms with E-state index in [0.29, 0.717) is 5.41 Å². The molecule has 0 aliphatic rings. The second kappa shape index (κ2) is 21.9. The number of hydrogen-bond donors (Lipinski definition) is 0. The fourth-order valence-corrected chi connectivity index (χ4v) is 6.18. The van der Waals surface area contributed by atoms with Gasteiger partial charge in [0.05, 0.1) is 0 Å². The van der Waals surface area contributed by atoms with E-state index in [1.54, 1.807) is 14.2 Å². The molecule has 0 amide bonds. The zero-order chi connectivity index (χ0) is 34.6. The molecule has 1 atom stereocenters. The number of aromatic nitrogens is 1. The van der Waals surface area contributed by atoms with E-state index in [0.717, 1.165) is 25.0 Å². The molecule has 3 rings (SSSR count). The smallest absolute Gasteiger partial charge is 0.116 e. The van der Waals surface area contributed by atoms with Crippen LogP contribution in [0.5, 0.6) is 0 Å². The van der Waals surface area contributed by atoms with Crippen LogP contribution in [0.3, 0.4) is 0 Å². The van der Waals surface area contributed by atoms with Crippen LogP contribution in [-0.4, -0.2) is 25.5 Å². The minimum Gasteiger partial charge on any atom is -0.388 e. The van der Waals surface area contributed by atoms with Crippen LogP contribution in [0.15, 0.2) is 54.9 Å². The number of carbonyl (C=O) groups is 1. The average Bonchev–Trinajstić information content (AvgIpc) is 2.98. The maximum atomic E-state index is 8.81. The summed E-state index contributed by atoms with van der Waals surface area (Å²) < 4.78 is 4.25. The molecule has 0 N–H and O–H groups in total. The Bertz CT molecular complexity index is 1230. The number of carbonyl (C=O) groups excluding carboxylic acids is 1. The number of benzene rings is 2. The Morgan fingerprint density at radius 2 is 1.31 bits per heavy atom. The lowest BCUT2D eigenvalue weighted by molar-refractivity contribution is -0.106. The third-order valence-electron chi connectivity index (χ3n) is 8.69. The predicted molar refractivity (Wildman–Crippen MR) is 198 cm³/mol. The molecule has 1 heterocycles. The Labute approximate surface area is 278 Å². The van der Waals surface area contributed by atoms with E-state index in [9.17, 15) is 0 Å². The highest BCUT2D eigenvalue weighted by Gasteiger charge is 2.31. The van der Waals surface area contributed by atoms with Gasteiger partial charge < -0.3 is 9.53 Å². The second-order valence-electron chi connectivity index (χ2n) is 13.5. The number of nitrogens with zero attached hydrogens (tertiary/aromatic N) is 1. The summed E-state index contributed by atoms with van der Waals surface area (Å²) in [6.07, 6.45) is 13.1. The van der Waals surface area contributed by atoms with E-state index in [-0.39, 0.29) is 5.41 Å². The van der Waals surface area contributed by atoms with Crippen molar-refractivity contribution in [3.63, 3.8) is 0 Å². The Morgan fingerprint density at radius 3 is 1.73 bits per heavy atom. The van der Waals surface area contributed by atoms with Gasteiger partial charge in [-0.1, -0.05) is 111 Å². The molecule has 3 aromatic rings. The molecule has 0 saturated heterocycles. The van der Waals surface area contributed by atoms with Gasteiger partial charge in [0.15, 0.2) is 0 Å². The van der Waals surface area contributed by atoms with Gasteiger partial charge in [0.25, 0.3) is 0 Å². The van der Waals surface area contributed by atoms with Crippen molar-refractivity contribution in [1.29, 1.82) is 0 Å². The first-order chi connectivity index (χ1) is 21.3. The maximum absolute atomic E-state index is 8.81.